The molecular weight excluding hydrogens is 851 g/mol. The normalized spacial score (nSPS) is 12.6. The van der Waals surface area contributed by atoms with Gasteiger partial charge < -0.3 is 20.3 Å². The molecule has 0 heterocycles. The number of carbonyl (C=O) groups excluding carboxylic acids is 2. The van der Waals surface area contributed by atoms with E-state index in [2.05, 4.69) is 31.3 Å². The summed E-state index contributed by atoms with van der Waals surface area (Å²) in [4.78, 5) is 24.5. The fraction of sp³-hybridized carbons (Fsp3) is 0.937. The van der Waals surface area contributed by atoms with Gasteiger partial charge in [0.15, 0.2) is 0 Å². The standard InChI is InChI=1S/C63H123NO5/c1-3-5-7-9-11-13-15-17-28-32-35-39-43-47-51-55-61(66)60(59-65)64-62(67)56-52-48-44-40-36-33-29-26-24-22-20-18-19-21-23-25-27-30-34-38-42-46-50-54-58-69-63(68)57-53-49-45-41-37-31-16-14-12-10-8-6-4-2/h14,16,60-61,65-66H,3-13,15,17-59H2,1-2H3,(H,64,67)/b16-14-. The summed E-state index contributed by atoms with van der Waals surface area (Å²) in [6.45, 7) is 4.96. The lowest BCUT2D eigenvalue weighted by molar-refractivity contribution is -0.143. The Kier molecular flexibility index (Phi) is 58.0. The molecule has 2 atom stereocenters. The molecule has 69 heavy (non-hydrogen) atoms. The van der Waals surface area contributed by atoms with Gasteiger partial charge in [-0.05, 0) is 51.4 Å². The van der Waals surface area contributed by atoms with Gasteiger partial charge in [-0.1, -0.05) is 302 Å². The Bertz CT molecular complexity index is 1030. The van der Waals surface area contributed by atoms with Crippen LogP contribution in [0.25, 0.3) is 0 Å². The average molecular weight is 975 g/mol. The second-order valence-electron chi connectivity index (χ2n) is 21.7. The smallest absolute Gasteiger partial charge is 0.305 e. The van der Waals surface area contributed by atoms with E-state index in [4.69, 9.17) is 4.74 Å². The molecule has 410 valence electrons. The van der Waals surface area contributed by atoms with Gasteiger partial charge in [-0.2, -0.15) is 0 Å². The van der Waals surface area contributed by atoms with E-state index < -0.39 is 12.1 Å². The lowest BCUT2D eigenvalue weighted by Crippen LogP contribution is -2.45. The summed E-state index contributed by atoms with van der Waals surface area (Å²) in [5.74, 6) is -0.0245. The first-order valence-corrected chi connectivity index (χ1v) is 31.4. The van der Waals surface area contributed by atoms with Crippen LogP contribution in [0.4, 0.5) is 0 Å². The maximum atomic E-state index is 12.5. The summed E-state index contributed by atoms with van der Waals surface area (Å²) in [6, 6.07) is -0.539. The van der Waals surface area contributed by atoms with Gasteiger partial charge in [0.25, 0.3) is 0 Å². The molecule has 0 aliphatic carbocycles. The summed E-state index contributed by atoms with van der Waals surface area (Å²) in [5.41, 5.74) is 0. The van der Waals surface area contributed by atoms with Crippen LogP contribution in [-0.4, -0.2) is 47.4 Å². The molecule has 0 rings (SSSR count). The molecule has 0 aromatic rings. The van der Waals surface area contributed by atoms with Crippen LogP contribution in [0.3, 0.4) is 0 Å². The Morgan fingerprint density at radius 2 is 0.681 bits per heavy atom. The molecule has 0 fully saturated rings. The summed E-state index contributed by atoms with van der Waals surface area (Å²) < 4.78 is 5.47. The number of esters is 1. The van der Waals surface area contributed by atoms with Gasteiger partial charge in [-0.15, -0.1) is 0 Å². The van der Waals surface area contributed by atoms with E-state index in [0.29, 0.717) is 25.9 Å². The second kappa shape index (κ2) is 59.2. The minimum Gasteiger partial charge on any atom is -0.466 e. The van der Waals surface area contributed by atoms with Gasteiger partial charge in [-0.3, -0.25) is 9.59 Å². The number of carbonyl (C=O) groups is 2. The topological polar surface area (TPSA) is 95.9 Å². The molecule has 0 aliphatic heterocycles. The van der Waals surface area contributed by atoms with Gasteiger partial charge in [0.2, 0.25) is 5.91 Å². The quantitative estimate of drug-likeness (QED) is 0.0321. The van der Waals surface area contributed by atoms with Crippen molar-refractivity contribution in [3.05, 3.63) is 12.2 Å². The molecule has 6 nitrogen and oxygen atoms in total. The Labute approximate surface area is 431 Å². The monoisotopic (exact) mass is 974 g/mol. The maximum absolute atomic E-state index is 12.5. The molecule has 0 bridgehead atoms. The van der Waals surface area contributed by atoms with Crippen LogP contribution in [0.1, 0.15) is 354 Å². The van der Waals surface area contributed by atoms with Crippen molar-refractivity contribution in [2.75, 3.05) is 13.2 Å². The van der Waals surface area contributed by atoms with E-state index in [-0.39, 0.29) is 18.5 Å². The summed E-state index contributed by atoms with van der Waals surface area (Å²) >= 11 is 0. The number of allylic oxidation sites excluding steroid dienone is 2. The summed E-state index contributed by atoms with van der Waals surface area (Å²) in [6.07, 6.45) is 70.8. The number of nitrogens with one attached hydrogen (secondary N) is 1. The Morgan fingerprint density at radius 1 is 0.391 bits per heavy atom. The summed E-state index contributed by atoms with van der Waals surface area (Å²) in [7, 11) is 0. The molecule has 0 saturated heterocycles. The summed E-state index contributed by atoms with van der Waals surface area (Å²) in [5, 5.41) is 23.3. The Balaban J connectivity index is 3.36. The number of unbranched alkanes of at least 4 members (excludes halogenated alkanes) is 46. The van der Waals surface area contributed by atoms with E-state index in [1.807, 2.05) is 0 Å². The molecule has 0 radical (unpaired) electrons. The number of hydrogen-bond acceptors (Lipinski definition) is 5. The third-order valence-electron chi connectivity index (χ3n) is 14.8. The van der Waals surface area contributed by atoms with E-state index in [1.165, 1.54) is 276 Å². The number of ether oxygens (including phenoxy) is 1. The third kappa shape index (κ3) is 55.8. The zero-order valence-corrected chi connectivity index (χ0v) is 46.8. The number of rotatable bonds is 59. The van der Waals surface area contributed by atoms with Crippen molar-refractivity contribution in [1.82, 2.24) is 5.32 Å². The van der Waals surface area contributed by atoms with Crippen LogP contribution in [0.2, 0.25) is 0 Å². The first-order valence-electron chi connectivity index (χ1n) is 31.4. The van der Waals surface area contributed by atoms with Crippen molar-refractivity contribution in [3.8, 4) is 0 Å². The Morgan fingerprint density at radius 3 is 1.04 bits per heavy atom. The molecule has 6 heteroatoms. The van der Waals surface area contributed by atoms with Crippen LogP contribution in [0.5, 0.6) is 0 Å². The van der Waals surface area contributed by atoms with Gasteiger partial charge in [0.05, 0.1) is 25.4 Å². The van der Waals surface area contributed by atoms with Crippen LogP contribution in [0.15, 0.2) is 12.2 Å². The van der Waals surface area contributed by atoms with Gasteiger partial charge in [-0.25, -0.2) is 0 Å². The maximum Gasteiger partial charge on any atom is 0.305 e. The SMILES string of the molecule is CCCCCC/C=C\CCCCCCCC(=O)OCCCCCCCCCCCCCCCCCCCCCCCCCCC(=O)NC(CO)C(O)CCCCCCCCCCCCCCCCC. The highest BCUT2D eigenvalue weighted by molar-refractivity contribution is 5.76. The van der Waals surface area contributed by atoms with Crippen LogP contribution < -0.4 is 5.32 Å². The highest BCUT2D eigenvalue weighted by Crippen LogP contribution is 2.18. The van der Waals surface area contributed by atoms with Gasteiger partial charge in [0.1, 0.15) is 0 Å². The number of aliphatic hydroxyl groups is 2. The zero-order valence-electron chi connectivity index (χ0n) is 46.8. The van der Waals surface area contributed by atoms with Gasteiger partial charge in [0, 0.05) is 12.8 Å². The number of hydrogen-bond donors (Lipinski definition) is 3. The molecule has 1 amide bonds. The number of amides is 1. The van der Waals surface area contributed by atoms with Crippen LogP contribution >= 0.6 is 0 Å². The lowest BCUT2D eigenvalue weighted by Gasteiger charge is -2.22. The predicted molar refractivity (Wildman–Crippen MR) is 301 cm³/mol. The first kappa shape index (κ1) is 67.6. The lowest BCUT2D eigenvalue weighted by atomic mass is 10.0. The van der Waals surface area contributed by atoms with Crippen molar-refractivity contribution < 1.29 is 24.5 Å². The highest BCUT2D eigenvalue weighted by Gasteiger charge is 2.20. The van der Waals surface area contributed by atoms with Crippen molar-refractivity contribution in [3.63, 3.8) is 0 Å². The molecule has 0 saturated carbocycles. The van der Waals surface area contributed by atoms with Crippen LogP contribution in [-0.2, 0) is 14.3 Å². The van der Waals surface area contributed by atoms with Crippen LogP contribution in [0, 0.1) is 0 Å². The van der Waals surface area contributed by atoms with E-state index >= 15 is 0 Å². The van der Waals surface area contributed by atoms with Gasteiger partial charge >= 0.3 is 5.97 Å². The highest BCUT2D eigenvalue weighted by atomic mass is 16.5. The fourth-order valence-corrected chi connectivity index (χ4v) is 9.99. The van der Waals surface area contributed by atoms with Crippen molar-refractivity contribution in [2.45, 2.75) is 366 Å². The third-order valence-corrected chi connectivity index (χ3v) is 14.8. The van der Waals surface area contributed by atoms with Crippen molar-refractivity contribution in [2.24, 2.45) is 0 Å². The fourth-order valence-electron chi connectivity index (χ4n) is 9.99. The second-order valence-corrected chi connectivity index (χ2v) is 21.7. The largest absolute Gasteiger partial charge is 0.466 e. The minimum atomic E-state index is -0.662. The van der Waals surface area contributed by atoms with E-state index in [9.17, 15) is 19.8 Å². The first-order chi connectivity index (χ1) is 34.0. The number of aliphatic hydroxyl groups excluding tert-OH is 2. The molecular formula is C63H123NO5. The predicted octanol–water partition coefficient (Wildman–Crippen LogP) is 19.6. The van der Waals surface area contributed by atoms with Crippen molar-refractivity contribution >= 4 is 11.9 Å². The average Bonchev–Trinajstić information content (AvgIpc) is 3.35. The molecule has 0 aromatic heterocycles. The molecule has 0 aromatic carbocycles. The van der Waals surface area contributed by atoms with Crippen molar-refractivity contribution in [1.29, 1.82) is 0 Å². The molecule has 0 spiro atoms. The zero-order chi connectivity index (χ0) is 50.0. The molecule has 2 unspecified atom stereocenters. The molecule has 0 aliphatic rings. The van der Waals surface area contributed by atoms with E-state index in [0.717, 1.165) is 44.9 Å². The van der Waals surface area contributed by atoms with E-state index in [1.54, 1.807) is 0 Å². The molecule has 3 N–H and O–H groups in total. The minimum absolute atomic E-state index is 0.00682. The Hall–Kier alpha value is -1.40.